The van der Waals surface area contributed by atoms with Crippen molar-refractivity contribution in [3.8, 4) is 95.3 Å². The first-order valence-corrected chi connectivity index (χ1v) is 42.5. The molecule has 0 aliphatic carbocycles. The normalized spacial score (nSPS) is 13.3. The van der Waals surface area contributed by atoms with Gasteiger partial charge in [-0.3, -0.25) is 0 Å². The lowest BCUT2D eigenvalue weighted by Gasteiger charge is -2.45. The molecule has 0 saturated carbocycles. The molecule has 6 heteroatoms. The Hall–Kier alpha value is -14.0. The molecule has 0 spiro atoms. The standard InChI is InChI=1S/C115H94BN5/c1-112(2,3)81-51-43-73(44-52-81)78-63-93(75-47-55-83(56-48-75)114(7,8)9)108(95(65-78)87-32-18-17-31-77(87)71-117)109-97-69-85(119-102-39-25-20-34-89(102)90-35-21-26-40-103(90)119)59-61-99(97)116-100-62-60-86(120-104-41-27-22-36-91(104)92-37-23-28-42-105(92)120)70-106(100)121(107-68-80(67-98(109)110(107)116)72-29-15-14-16-30-72)111-94(76-49-57-84(58-50-76)115(10,11)12)64-79(74-45-53-82(54-46-74)113(4,5)6)66-96(111)88-33-19-24-38-101(88)118-13/h14-70,109H,1-12H3. The Morgan fingerprint density at radius 2 is 0.711 bits per heavy atom. The zero-order chi connectivity index (χ0) is 83.1. The minimum atomic E-state index is -0.529. The van der Waals surface area contributed by atoms with E-state index < -0.39 is 5.92 Å². The maximum absolute atomic E-state index is 11.8. The van der Waals surface area contributed by atoms with Crippen LogP contribution in [0.5, 0.6) is 0 Å². The molecule has 0 bridgehead atoms. The maximum Gasteiger partial charge on any atom is 0.247 e. The number of anilines is 3. The summed E-state index contributed by atoms with van der Waals surface area (Å²) in [7, 11) is 0. The van der Waals surface area contributed by atoms with Crippen molar-refractivity contribution in [2.75, 3.05) is 4.90 Å². The molecule has 5 nitrogen and oxygen atoms in total. The Kier molecular flexibility index (Phi) is 18.1. The van der Waals surface area contributed by atoms with Gasteiger partial charge in [-0.15, -0.1) is 0 Å². The molecule has 2 aliphatic rings. The molecule has 18 aromatic rings. The van der Waals surface area contributed by atoms with E-state index in [0.29, 0.717) is 11.3 Å². The van der Waals surface area contributed by atoms with Gasteiger partial charge in [0.25, 0.3) is 0 Å². The molecule has 2 aliphatic heterocycles. The van der Waals surface area contributed by atoms with Crippen LogP contribution in [-0.4, -0.2) is 15.8 Å². The highest BCUT2D eigenvalue weighted by Gasteiger charge is 2.47. The van der Waals surface area contributed by atoms with Gasteiger partial charge in [0.1, 0.15) is 0 Å². The first kappa shape index (κ1) is 75.7. The topological polar surface area (TPSA) is 41.2 Å². The quantitative estimate of drug-likeness (QED) is 0.0957. The minimum absolute atomic E-state index is 0.0762. The third-order valence-corrected chi connectivity index (χ3v) is 25.8. The van der Waals surface area contributed by atoms with Gasteiger partial charge in [-0.25, -0.2) is 4.85 Å². The maximum atomic E-state index is 11.8. The van der Waals surface area contributed by atoms with E-state index in [2.05, 4.69) is 430 Å². The third kappa shape index (κ3) is 12.9. The highest BCUT2D eigenvalue weighted by atomic mass is 15.2. The second-order valence-electron chi connectivity index (χ2n) is 37.4. The second kappa shape index (κ2) is 28.9. The van der Waals surface area contributed by atoms with Gasteiger partial charge in [-0.2, -0.15) is 5.26 Å². The van der Waals surface area contributed by atoms with E-state index in [9.17, 15) is 11.8 Å². The summed E-state index contributed by atoms with van der Waals surface area (Å²) in [6.45, 7) is 36.3. The fourth-order valence-electron chi connectivity index (χ4n) is 19.5. The van der Waals surface area contributed by atoms with Crippen LogP contribution in [0.1, 0.15) is 134 Å². The van der Waals surface area contributed by atoms with Crippen LogP contribution in [0.25, 0.3) is 138 Å². The Morgan fingerprint density at radius 3 is 1.21 bits per heavy atom. The summed E-state index contributed by atoms with van der Waals surface area (Å²) in [5.74, 6) is -0.529. The van der Waals surface area contributed by atoms with Crippen LogP contribution in [0, 0.1) is 17.9 Å². The van der Waals surface area contributed by atoms with Gasteiger partial charge >= 0.3 is 0 Å². The summed E-state index contributed by atoms with van der Waals surface area (Å²) in [5.41, 5.74) is 36.3. The first-order chi connectivity index (χ1) is 58.5. The average molecular weight is 1560 g/mol. The Labute approximate surface area is 711 Å². The van der Waals surface area contributed by atoms with Crippen LogP contribution in [0.15, 0.2) is 346 Å². The van der Waals surface area contributed by atoms with Gasteiger partial charge in [0.05, 0.1) is 46.0 Å². The van der Waals surface area contributed by atoms with Crippen molar-refractivity contribution >= 4 is 89.5 Å². The Bertz CT molecular complexity index is 6780. The van der Waals surface area contributed by atoms with Crippen LogP contribution in [0.2, 0.25) is 0 Å². The zero-order valence-corrected chi connectivity index (χ0v) is 70.8. The number of rotatable bonds is 11. The van der Waals surface area contributed by atoms with E-state index in [4.69, 9.17) is 0 Å². The third-order valence-electron chi connectivity index (χ3n) is 25.8. The number of aromatic nitrogens is 2. The van der Waals surface area contributed by atoms with E-state index in [1.54, 1.807) is 0 Å². The van der Waals surface area contributed by atoms with E-state index >= 15 is 0 Å². The number of para-hydroxylation sites is 5. The number of benzene rings is 16. The molecule has 0 N–H and O–H groups in total. The largest absolute Gasteiger partial charge is 0.310 e. The lowest BCUT2D eigenvalue weighted by Crippen LogP contribution is -2.62. The molecule has 0 saturated heterocycles. The minimum Gasteiger partial charge on any atom is -0.310 e. The number of fused-ring (bicyclic) bond motifs is 10. The predicted molar refractivity (Wildman–Crippen MR) is 512 cm³/mol. The molecule has 2 aromatic heterocycles. The zero-order valence-electron chi connectivity index (χ0n) is 70.8. The highest BCUT2D eigenvalue weighted by Crippen LogP contribution is 2.56. The van der Waals surface area contributed by atoms with Crippen LogP contribution >= 0.6 is 0 Å². The monoisotopic (exact) mass is 1560 g/mol. The van der Waals surface area contributed by atoms with Gasteiger partial charge < -0.3 is 14.0 Å². The lowest BCUT2D eigenvalue weighted by atomic mass is 9.31. The van der Waals surface area contributed by atoms with E-state index in [1.165, 1.54) is 54.7 Å². The summed E-state index contributed by atoms with van der Waals surface area (Å²) in [6.07, 6.45) is 0. The number of nitrogens with zero attached hydrogens (tertiary/aromatic N) is 5. The Morgan fingerprint density at radius 1 is 0.314 bits per heavy atom. The van der Waals surface area contributed by atoms with Gasteiger partial charge in [0.2, 0.25) is 6.71 Å². The van der Waals surface area contributed by atoms with E-state index in [-0.39, 0.29) is 28.4 Å². The van der Waals surface area contributed by atoms with Gasteiger partial charge in [0.15, 0.2) is 5.69 Å². The van der Waals surface area contributed by atoms with Gasteiger partial charge in [-0.1, -0.05) is 349 Å². The lowest BCUT2D eigenvalue weighted by molar-refractivity contribution is 0.590. The molecule has 20 rings (SSSR count). The predicted octanol–water partition coefficient (Wildman–Crippen LogP) is 29.0. The molecule has 582 valence electrons. The SMILES string of the molecule is [C-]#[N+]c1ccccc1-c1cc(-c2ccc(C(C)(C)C)cc2)cc(-c2ccc(C(C)(C)C)cc2)c1N1c2cc(-n3c4ccccc4c4ccccc43)ccc2B2c3ccc(-n4c5ccccc5c5ccccc54)cc3C(c3c(-c4ccc(C(C)(C)C)cc4)cc(-c4ccc(C(C)(C)C)cc4)cc3-c3ccccc3C#N)c3cc(-c4ccccc4)cc1c32. The summed E-state index contributed by atoms with van der Waals surface area (Å²) in [6, 6.07) is 132. The average Bonchev–Trinajstić information content (AvgIpc) is 0.971. The summed E-state index contributed by atoms with van der Waals surface area (Å²) < 4.78 is 4.96. The smallest absolute Gasteiger partial charge is 0.247 e. The molecular weight excluding hydrogens is 1460 g/mol. The van der Waals surface area contributed by atoms with Gasteiger partial charge in [0, 0.05) is 55.8 Å². The van der Waals surface area contributed by atoms with Crippen LogP contribution in [-0.2, 0) is 21.7 Å². The van der Waals surface area contributed by atoms with Crippen molar-refractivity contribution in [3.63, 3.8) is 0 Å². The molecule has 0 radical (unpaired) electrons. The molecular formula is C115H94BN5. The van der Waals surface area contributed by atoms with Crippen molar-refractivity contribution in [1.82, 2.24) is 9.13 Å². The summed E-state index contributed by atoms with van der Waals surface area (Å²) >= 11 is 0. The molecule has 0 fully saturated rings. The second-order valence-corrected chi connectivity index (χ2v) is 37.4. The molecule has 16 aromatic carbocycles. The number of nitriles is 1. The van der Waals surface area contributed by atoms with Crippen molar-refractivity contribution in [3.05, 3.63) is 402 Å². The van der Waals surface area contributed by atoms with Crippen molar-refractivity contribution in [2.45, 2.75) is 111 Å². The Balaban J connectivity index is 0.990. The summed E-state index contributed by atoms with van der Waals surface area (Å²) in [4.78, 5) is 7.13. The molecule has 121 heavy (non-hydrogen) atoms. The van der Waals surface area contributed by atoms with Crippen LogP contribution < -0.4 is 21.3 Å². The van der Waals surface area contributed by atoms with E-state index in [1.807, 2.05) is 24.3 Å². The van der Waals surface area contributed by atoms with E-state index in [0.717, 1.165) is 151 Å². The van der Waals surface area contributed by atoms with Crippen LogP contribution in [0.3, 0.4) is 0 Å². The van der Waals surface area contributed by atoms with Crippen molar-refractivity contribution < 1.29 is 0 Å². The van der Waals surface area contributed by atoms with Crippen molar-refractivity contribution in [1.29, 1.82) is 5.26 Å². The van der Waals surface area contributed by atoms with Gasteiger partial charge in [-0.05, 0) is 229 Å². The highest BCUT2D eigenvalue weighted by molar-refractivity contribution is 6.99. The molecule has 1 atom stereocenters. The molecule has 4 heterocycles. The summed E-state index contributed by atoms with van der Waals surface area (Å²) in [5, 5.41) is 16.6. The number of hydrogen-bond donors (Lipinski definition) is 0. The van der Waals surface area contributed by atoms with Crippen LogP contribution in [0.4, 0.5) is 22.7 Å². The fourth-order valence-corrected chi connectivity index (χ4v) is 19.5. The number of hydrogen-bond acceptors (Lipinski definition) is 2. The fraction of sp³-hybridized carbons (Fsp3) is 0.148. The molecule has 0 amide bonds. The molecule has 1 unspecified atom stereocenters. The van der Waals surface area contributed by atoms with Crippen molar-refractivity contribution in [2.24, 2.45) is 0 Å². The first-order valence-electron chi connectivity index (χ1n) is 42.5.